The highest BCUT2D eigenvalue weighted by molar-refractivity contribution is 5.57. The van der Waals surface area contributed by atoms with Gasteiger partial charge in [-0.1, -0.05) is 0 Å². The van der Waals surface area contributed by atoms with E-state index in [1.165, 1.54) is 0 Å². The van der Waals surface area contributed by atoms with Crippen LogP contribution in [0.5, 0.6) is 5.88 Å². The molecule has 2 heterocycles. The van der Waals surface area contributed by atoms with E-state index in [2.05, 4.69) is 25.3 Å². The van der Waals surface area contributed by atoms with Crippen molar-refractivity contribution in [1.29, 1.82) is 0 Å². The zero-order chi connectivity index (χ0) is 13.8. The molecule has 0 aliphatic heterocycles. The first-order chi connectivity index (χ1) is 9.13. The molecule has 7 heteroatoms. The van der Waals surface area contributed by atoms with Crippen molar-refractivity contribution in [3.63, 3.8) is 0 Å². The average molecular weight is 260 g/mol. The predicted octanol–water partition coefficient (Wildman–Crippen LogP) is 1.05. The van der Waals surface area contributed by atoms with Crippen LogP contribution in [0.15, 0.2) is 18.3 Å². The van der Waals surface area contributed by atoms with Gasteiger partial charge in [-0.05, 0) is 6.07 Å². The minimum absolute atomic E-state index is 0.518. The van der Waals surface area contributed by atoms with Gasteiger partial charge in [-0.2, -0.15) is 15.0 Å². The smallest absolute Gasteiger partial charge is 0.230 e. The summed E-state index contributed by atoms with van der Waals surface area (Å²) >= 11 is 0. The van der Waals surface area contributed by atoms with Gasteiger partial charge in [-0.3, -0.25) is 0 Å². The number of rotatable bonds is 4. The maximum atomic E-state index is 5.03. The summed E-state index contributed by atoms with van der Waals surface area (Å²) < 4.78 is 5.03. The van der Waals surface area contributed by atoms with Crippen molar-refractivity contribution in [1.82, 2.24) is 19.9 Å². The van der Waals surface area contributed by atoms with Crippen molar-refractivity contribution in [3.05, 3.63) is 18.3 Å². The van der Waals surface area contributed by atoms with E-state index in [-0.39, 0.29) is 0 Å². The Morgan fingerprint density at radius 2 is 1.95 bits per heavy atom. The summed E-state index contributed by atoms with van der Waals surface area (Å²) in [5, 5.41) is 2.92. The zero-order valence-corrected chi connectivity index (χ0v) is 11.4. The van der Waals surface area contributed by atoms with Crippen molar-refractivity contribution in [2.24, 2.45) is 0 Å². The van der Waals surface area contributed by atoms with E-state index < -0.39 is 0 Å². The maximum Gasteiger partial charge on any atom is 0.230 e. The lowest BCUT2D eigenvalue weighted by Crippen LogP contribution is -2.15. The van der Waals surface area contributed by atoms with Crippen molar-refractivity contribution in [3.8, 4) is 17.3 Å². The molecule has 0 fully saturated rings. The Morgan fingerprint density at radius 1 is 1.16 bits per heavy atom. The molecule has 2 aromatic rings. The highest BCUT2D eigenvalue weighted by Gasteiger charge is 2.09. The van der Waals surface area contributed by atoms with E-state index in [4.69, 9.17) is 4.74 Å². The first-order valence-electron chi connectivity index (χ1n) is 5.75. The molecule has 0 unspecified atom stereocenters. The van der Waals surface area contributed by atoms with Crippen LogP contribution in [-0.2, 0) is 0 Å². The molecular formula is C12H16N6O. The molecule has 2 rings (SSSR count). The quantitative estimate of drug-likeness (QED) is 0.880. The molecule has 0 atom stereocenters. The number of pyridine rings is 1. The molecule has 2 aromatic heterocycles. The molecule has 0 spiro atoms. The molecule has 0 radical (unpaired) electrons. The number of methoxy groups -OCH3 is 1. The molecule has 0 aromatic carbocycles. The summed E-state index contributed by atoms with van der Waals surface area (Å²) in [5.41, 5.74) is 0.808. The lowest BCUT2D eigenvalue weighted by atomic mass is 10.3. The van der Waals surface area contributed by atoms with Gasteiger partial charge in [-0.25, -0.2) is 4.98 Å². The number of ether oxygens (including phenoxy) is 1. The third-order valence-electron chi connectivity index (χ3n) is 2.45. The van der Waals surface area contributed by atoms with Gasteiger partial charge in [0.2, 0.25) is 17.8 Å². The summed E-state index contributed by atoms with van der Waals surface area (Å²) in [6.45, 7) is 0. The molecule has 0 saturated heterocycles. The number of hydrogen-bond acceptors (Lipinski definition) is 7. The lowest BCUT2D eigenvalue weighted by molar-refractivity contribution is 0.398. The van der Waals surface area contributed by atoms with Gasteiger partial charge in [-0.15, -0.1) is 0 Å². The normalized spacial score (nSPS) is 10.1. The summed E-state index contributed by atoms with van der Waals surface area (Å²) in [7, 11) is 7.11. The molecule has 7 nitrogen and oxygen atoms in total. The number of hydrogen-bond donors (Lipinski definition) is 1. The fourth-order valence-corrected chi connectivity index (χ4v) is 1.44. The highest BCUT2D eigenvalue weighted by atomic mass is 16.5. The van der Waals surface area contributed by atoms with Gasteiger partial charge in [0.15, 0.2) is 5.82 Å². The Labute approximate surface area is 111 Å². The van der Waals surface area contributed by atoms with Crippen LogP contribution in [0.2, 0.25) is 0 Å². The topological polar surface area (TPSA) is 76.1 Å². The first kappa shape index (κ1) is 13.0. The van der Waals surface area contributed by atoms with Gasteiger partial charge in [0.05, 0.1) is 7.11 Å². The van der Waals surface area contributed by atoms with Crippen molar-refractivity contribution in [2.45, 2.75) is 0 Å². The largest absolute Gasteiger partial charge is 0.481 e. The SMILES string of the molecule is CNc1nc(-c2ccc(OC)nc2)nc(N(C)C)n1. The Hall–Kier alpha value is -2.44. The van der Waals surface area contributed by atoms with Gasteiger partial charge < -0.3 is 15.0 Å². The van der Waals surface area contributed by atoms with Crippen molar-refractivity contribution >= 4 is 11.9 Å². The van der Waals surface area contributed by atoms with E-state index in [1.807, 2.05) is 25.1 Å². The molecule has 0 saturated carbocycles. The maximum absolute atomic E-state index is 5.03. The number of aromatic nitrogens is 4. The van der Waals surface area contributed by atoms with E-state index in [9.17, 15) is 0 Å². The monoisotopic (exact) mass is 260 g/mol. The second kappa shape index (κ2) is 5.47. The molecule has 0 bridgehead atoms. The number of nitrogens with zero attached hydrogens (tertiary/aromatic N) is 5. The zero-order valence-electron chi connectivity index (χ0n) is 11.4. The van der Waals surface area contributed by atoms with Crippen LogP contribution in [-0.4, -0.2) is 48.2 Å². The molecule has 0 amide bonds. The fourth-order valence-electron chi connectivity index (χ4n) is 1.44. The average Bonchev–Trinajstić information content (AvgIpc) is 2.46. The van der Waals surface area contributed by atoms with E-state index in [1.54, 1.807) is 26.4 Å². The third-order valence-corrected chi connectivity index (χ3v) is 2.45. The van der Waals surface area contributed by atoms with E-state index >= 15 is 0 Å². The minimum atomic E-state index is 0.518. The van der Waals surface area contributed by atoms with Crippen LogP contribution in [0, 0.1) is 0 Å². The first-order valence-corrected chi connectivity index (χ1v) is 5.75. The third kappa shape index (κ3) is 2.87. The summed E-state index contributed by atoms with van der Waals surface area (Å²) in [6.07, 6.45) is 1.67. The van der Waals surface area contributed by atoms with Crippen LogP contribution in [0.25, 0.3) is 11.4 Å². The Morgan fingerprint density at radius 3 is 2.47 bits per heavy atom. The molecular weight excluding hydrogens is 244 g/mol. The van der Waals surface area contributed by atoms with E-state index in [0.29, 0.717) is 23.6 Å². The van der Waals surface area contributed by atoms with Crippen molar-refractivity contribution < 1.29 is 4.74 Å². The van der Waals surface area contributed by atoms with Crippen LogP contribution < -0.4 is 15.0 Å². The van der Waals surface area contributed by atoms with Gasteiger partial charge >= 0.3 is 0 Å². The number of anilines is 2. The predicted molar refractivity (Wildman–Crippen MR) is 73.5 cm³/mol. The van der Waals surface area contributed by atoms with Crippen LogP contribution in [0.4, 0.5) is 11.9 Å². The minimum Gasteiger partial charge on any atom is -0.481 e. The van der Waals surface area contributed by atoms with Crippen molar-refractivity contribution in [2.75, 3.05) is 38.5 Å². The Kier molecular flexibility index (Phi) is 3.74. The second-order valence-electron chi connectivity index (χ2n) is 4.02. The summed E-state index contributed by atoms with van der Waals surface area (Å²) in [6, 6.07) is 3.63. The van der Waals surface area contributed by atoms with E-state index in [0.717, 1.165) is 5.56 Å². The molecule has 19 heavy (non-hydrogen) atoms. The van der Waals surface area contributed by atoms with Crippen LogP contribution in [0.1, 0.15) is 0 Å². The highest BCUT2D eigenvalue weighted by Crippen LogP contribution is 2.19. The summed E-state index contributed by atoms with van der Waals surface area (Å²) in [5.74, 6) is 2.23. The standard InChI is InChI=1S/C12H16N6O/c1-13-11-15-10(16-12(17-11)18(2)3)8-5-6-9(19-4)14-7-8/h5-7H,1-4H3,(H,13,15,16,17). The number of nitrogens with one attached hydrogen (secondary N) is 1. The van der Waals surface area contributed by atoms with Crippen LogP contribution >= 0.6 is 0 Å². The fraction of sp³-hybridized carbons (Fsp3) is 0.333. The van der Waals surface area contributed by atoms with Gasteiger partial charge in [0.25, 0.3) is 0 Å². The Bertz CT molecular complexity index is 555. The molecule has 0 aliphatic rings. The second-order valence-corrected chi connectivity index (χ2v) is 4.02. The van der Waals surface area contributed by atoms with Crippen LogP contribution in [0.3, 0.4) is 0 Å². The molecule has 100 valence electrons. The van der Waals surface area contributed by atoms with Gasteiger partial charge in [0.1, 0.15) is 0 Å². The molecule has 0 aliphatic carbocycles. The lowest BCUT2D eigenvalue weighted by Gasteiger charge is -2.12. The molecule has 1 N–H and O–H groups in total. The summed E-state index contributed by atoms with van der Waals surface area (Å²) in [4.78, 5) is 18.9. The van der Waals surface area contributed by atoms with Gasteiger partial charge in [0, 0.05) is 39.0 Å². The Balaban J connectivity index is 2.44.